The van der Waals surface area contributed by atoms with Gasteiger partial charge >= 0.3 is 0 Å². The van der Waals surface area contributed by atoms with Gasteiger partial charge in [-0.3, -0.25) is 4.79 Å². The number of nitrogens with zero attached hydrogens (tertiary/aromatic N) is 2. The third-order valence-electron chi connectivity index (χ3n) is 3.41. The predicted molar refractivity (Wildman–Crippen MR) is 89.0 cm³/mol. The summed E-state index contributed by atoms with van der Waals surface area (Å²) in [4.78, 5) is 16.3. The van der Waals surface area contributed by atoms with Crippen LogP contribution in [0.15, 0.2) is 12.4 Å². The van der Waals surface area contributed by atoms with Crippen molar-refractivity contribution in [2.24, 2.45) is 5.92 Å². The van der Waals surface area contributed by atoms with Crippen molar-refractivity contribution in [1.29, 1.82) is 0 Å². The number of halogens is 2. The number of hydrogen-bond acceptors (Lipinski definition) is 3. The van der Waals surface area contributed by atoms with Gasteiger partial charge in [-0.2, -0.15) is 0 Å². The van der Waals surface area contributed by atoms with Crippen LogP contribution in [0.4, 0.5) is 0 Å². The molecular weight excluding hydrogens is 311 g/mol. The molecule has 1 atom stereocenters. The number of aromatic nitrogens is 2. The average molecular weight is 337 g/mol. The molecule has 21 heavy (non-hydrogen) atoms. The SMILES string of the molecule is CC(C)Cn1ccnc1CNC(=O)[C@H]1CCCCN1.Cl.Cl. The molecule has 1 fully saturated rings. The molecule has 0 aliphatic carbocycles. The minimum atomic E-state index is -0.0257. The second-order valence-corrected chi connectivity index (χ2v) is 5.61. The Kier molecular flexibility index (Phi) is 9.66. The van der Waals surface area contributed by atoms with Crippen LogP contribution in [-0.4, -0.2) is 28.0 Å². The van der Waals surface area contributed by atoms with Crippen molar-refractivity contribution in [2.45, 2.75) is 52.2 Å². The molecule has 5 nitrogen and oxygen atoms in total. The highest BCUT2D eigenvalue weighted by Crippen LogP contribution is 2.08. The number of carbonyl (C=O) groups excluding carboxylic acids is 1. The number of carbonyl (C=O) groups is 1. The minimum absolute atomic E-state index is 0. The Morgan fingerprint density at radius 2 is 2.24 bits per heavy atom. The molecule has 0 saturated carbocycles. The molecule has 0 spiro atoms. The fraction of sp³-hybridized carbons (Fsp3) is 0.714. The molecule has 0 radical (unpaired) electrons. The van der Waals surface area contributed by atoms with Crippen molar-refractivity contribution >= 4 is 30.7 Å². The molecule has 2 N–H and O–H groups in total. The number of piperidine rings is 1. The van der Waals surface area contributed by atoms with E-state index in [1.165, 1.54) is 6.42 Å². The normalized spacial score (nSPS) is 17.8. The van der Waals surface area contributed by atoms with Gasteiger partial charge in [0.2, 0.25) is 5.91 Å². The van der Waals surface area contributed by atoms with Crippen LogP contribution in [0.2, 0.25) is 0 Å². The summed E-state index contributed by atoms with van der Waals surface area (Å²) in [7, 11) is 0. The summed E-state index contributed by atoms with van der Waals surface area (Å²) >= 11 is 0. The second-order valence-electron chi connectivity index (χ2n) is 5.61. The molecule has 1 saturated heterocycles. The second kappa shape index (κ2) is 10.0. The van der Waals surface area contributed by atoms with Crippen LogP contribution in [0.25, 0.3) is 0 Å². The largest absolute Gasteiger partial charge is 0.348 e. The zero-order valence-electron chi connectivity index (χ0n) is 12.7. The molecule has 122 valence electrons. The average Bonchev–Trinajstić information content (AvgIpc) is 2.83. The Balaban J connectivity index is 0.00000200. The lowest BCUT2D eigenvalue weighted by molar-refractivity contribution is -0.123. The number of amides is 1. The van der Waals surface area contributed by atoms with E-state index in [0.717, 1.165) is 31.8 Å². The summed E-state index contributed by atoms with van der Waals surface area (Å²) in [6, 6.07) is -0.0257. The standard InChI is InChI=1S/C14H24N4O.2ClH/c1-11(2)10-18-8-7-16-13(18)9-17-14(19)12-5-3-4-6-15-12;;/h7-8,11-12,15H,3-6,9-10H2,1-2H3,(H,17,19);2*1H/t12-;;/m1../s1. The van der Waals surface area contributed by atoms with Crippen LogP contribution in [0.5, 0.6) is 0 Å². The van der Waals surface area contributed by atoms with Crippen LogP contribution in [0.3, 0.4) is 0 Å². The summed E-state index contributed by atoms with van der Waals surface area (Å²) in [6.45, 7) is 6.74. The zero-order valence-corrected chi connectivity index (χ0v) is 14.3. The Morgan fingerprint density at radius 1 is 1.48 bits per heavy atom. The highest BCUT2D eigenvalue weighted by molar-refractivity contribution is 5.85. The molecule has 2 rings (SSSR count). The van der Waals surface area contributed by atoms with Crippen molar-refractivity contribution in [3.63, 3.8) is 0 Å². The fourth-order valence-corrected chi connectivity index (χ4v) is 2.43. The third kappa shape index (κ3) is 6.24. The van der Waals surface area contributed by atoms with Crippen molar-refractivity contribution in [3.8, 4) is 0 Å². The van der Waals surface area contributed by atoms with E-state index < -0.39 is 0 Å². The molecule has 1 aromatic rings. The van der Waals surface area contributed by atoms with Crippen LogP contribution in [-0.2, 0) is 17.9 Å². The fourth-order valence-electron chi connectivity index (χ4n) is 2.43. The van der Waals surface area contributed by atoms with Crippen molar-refractivity contribution in [1.82, 2.24) is 20.2 Å². The molecule has 1 amide bonds. The molecule has 1 aliphatic heterocycles. The maximum atomic E-state index is 12.0. The summed E-state index contributed by atoms with van der Waals surface area (Å²) in [5.74, 6) is 1.60. The molecule has 0 aromatic carbocycles. The minimum Gasteiger partial charge on any atom is -0.348 e. The van der Waals surface area contributed by atoms with Crippen LogP contribution in [0, 0.1) is 5.92 Å². The zero-order chi connectivity index (χ0) is 13.7. The molecule has 0 bridgehead atoms. The predicted octanol–water partition coefficient (Wildman–Crippen LogP) is 2.14. The van der Waals surface area contributed by atoms with E-state index in [9.17, 15) is 4.79 Å². The smallest absolute Gasteiger partial charge is 0.237 e. The van der Waals surface area contributed by atoms with Gasteiger partial charge in [0, 0.05) is 18.9 Å². The van der Waals surface area contributed by atoms with Crippen LogP contribution in [0.1, 0.15) is 38.9 Å². The third-order valence-corrected chi connectivity index (χ3v) is 3.41. The van der Waals surface area contributed by atoms with Gasteiger partial charge in [0.05, 0.1) is 12.6 Å². The molecule has 7 heteroatoms. The Hall–Kier alpha value is -0.780. The van der Waals surface area contributed by atoms with Crippen molar-refractivity contribution in [3.05, 3.63) is 18.2 Å². The van der Waals surface area contributed by atoms with Gasteiger partial charge in [-0.05, 0) is 25.3 Å². The van der Waals surface area contributed by atoms with E-state index in [1.54, 1.807) is 6.20 Å². The number of rotatable bonds is 5. The molecule has 1 aliphatic rings. The van der Waals surface area contributed by atoms with Gasteiger partial charge in [-0.1, -0.05) is 20.3 Å². The van der Waals surface area contributed by atoms with Gasteiger partial charge < -0.3 is 15.2 Å². The first-order chi connectivity index (χ1) is 9.16. The molecule has 0 unspecified atom stereocenters. The molecular formula is C14H26Cl2N4O. The summed E-state index contributed by atoms with van der Waals surface area (Å²) in [6.07, 6.45) is 7.00. The quantitative estimate of drug-likeness (QED) is 0.865. The Labute approximate surface area is 139 Å². The van der Waals surface area contributed by atoms with E-state index in [-0.39, 0.29) is 36.8 Å². The van der Waals surface area contributed by atoms with Gasteiger partial charge in [-0.15, -0.1) is 24.8 Å². The van der Waals surface area contributed by atoms with Gasteiger partial charge in [-0.25, -0.2) is 4.98 Å². The lowest BCUT2D eigenvalue weighted by Crippen LogP contribution is -2.46. The van der Waals surface area contributed by atoms with E-state index in [4.69, 9.17) is 0 Å². The summed E-state index contributed by atoms with van der Waals surface area (Å²) in [5, 5.41) is 6.24. The topological polar surface area (TPSA) is 59.0 Å². The molecule has 1 aromatic heterocycles. The van der Waals surface area contributed by atoms with Crippen LogP contribution < -0.4 is 10.6 Å². The highest BCUT2D eigenvalue weighted by Gasteiger charge is 2.20. The van der Waals surface area contributed by atoms with E-state index in [1.807, 2.05) is 6.20 Å². The van der Waals surface area contributed by atoms with Crippen molar-refractivity contribution < 1.29 is 4.79 Å². The molecule has 2 heterocycles. The summed E-state index contributed by atoms with van der Waals surface area (Å²) < 4.78 is 2.11. The Morgan fingerprint density at radius 3 is 2.86 bits per heavy atom. The number of imidazole rings is 1. The highest BCUT2D eigenvalue weighted by atomic mass is 35.5. The van der Waals surface area contributed by atoms with E-state index in [2.05, 4.69) is 34.0 Å². The Bertz CT molecular complexity index is 417. The van der Waals surface area contributed by atoms with Crippen LogP contribution >= 0.6 is 24.8 Å². The number of hydrogen-bond donors (Lipinski definition) is 2. The lowest BCUT2D eigenvalue weighted by Gasteiger charge is -2.22. The number of nitrogens with one attached hydrogen (secondary N) is 2. The maximum Gasteiger partial charge on any atom is 0.237 e. The van der Waals surface area contributed by atoms with E-state index >= 15 is 0 Å². The monoisotopic (exact) mass is 336 g/mol. The maximum absolute atomic E-state index is 12.0. The first-order valence-corrected chi connectivity index (χ1v) is 7.18. The van der Waals surface area contributed by atoms with Gasteiger partial charge in [0.1, 0.15) is 5.82 Å². The van der Waals surface area contributed by atoms with Gasteiger partial charge in [0.15, 0.2) is 0 Å². The first-order valence-electron chi connectivity index (χ1n) is 7.18. The van der Waals surface area contributed by atoms with Gasteiger partial charge in [0.25, 0.3) is 0 Å². The lowest BCUT2D eigenvalue weighted by atomic mass is 10.0. The summed E-state index contributed by atoms with van der Waals surface area (Å²) in [5.41, 5.74) is 0. The van der Waals surface area contributed by atoms with Crippen molar-refractivity contribution in [2.75, 3.05) is 6.54 Å². The first kappa shape index (κ1) is 20.2. The van der Waals surface area contributed by atoms with E-state index in [0.29, 0.717) is 12.5 Å².